The lowest BCUT2D eigenvalue weighted by atomic mass is 9.79. The van der Waals surface area contributed by atoms with Crippen LogP contribution in [0.3, 0.4) is 0 Å². The summed E-state index contributed by atoms with van der Waals surface area (Å²) in [6.45, 7) is 0.154. The summed E-state index contributed by atoms with van der Waals surface area (Å²) < 4.78 is 6.57. The Kier molecular flexibility index (Phi) is 5.79. The van der Waals surface area contributed by atoms with Gasteiger partial charge in [0.1, 0.15) is 5.75 Å². The predicted octanol–water partition coefficient (Wildman–Crippen LogP) is 3.14. The molecule has 0 spiro atoms. The van der Waals surface area contributed by atoms with Crippen molar-refractivity contribution in [3.05, 3.63) is 64.6 Å². The number of halogens is 1. The quantitative estimate of drug-likeness (QED) is 0.806. The third-order valence-electron chi connectivity index (χ3n) is 3.64. The van der Waals surface area contributed by atoms with Gasteiger partial charge < -0.3 is 14.9 Å². The number of rotatable bonds is 7. The van der Waals surface area contributed by atoms with Crippen LogP contribution in [0, 0.1) is 0 Å². The monoisotopic (exact) mass is 350 g/mol. The van der Waals surface area contributed by atoms with E-state index in [2.05, 4.69) is 15.9 Å². The van der Waals surface area contributed by atoms with Gasteiger partial charge in [0.2, 0.25) is 0 Å². The van der Waals surface area contributed by atoms with Gasteiger partial charge in [0, 0.05) is 9.89 Å². The Morgan fingerprint density at radius 3 is 2.14 bits per heavy atom. The Labute approximate surface area is 133 Å². The van der Waals surface area contributed by atoms with E-state index in [0.717, 1.165) is 15.8 Å². The third-order valence-corrected chi connectivity index (χ3v) is 4.33. The summed E-state index contributed by atoms with van der Waals surface area (Å²) in [7, 11) is 0. The van der Waals surface area contributed by atoms with Crippen LogP contribution in [0.2, 0.25) is 0 Å². The average Bonchev–Trinajstić information content (AvgIpc) is 2.54. The lowest BCUT2D eigenvalue weighted by molar-refractivity contribution is 0.0947. The van der Waals surface area contributed by atoms with Crippen molar-refractivity contribution in [3.8, 4) is 5.75 Å². The highest BCUT2D eigenvalue weighted by Crippen LogP contribution is 2.33. The minimum absolute atomic E-state index is 0.135. The topological polar surface area (TPSA) is 49.7 Å². The highest BCUT2D eigenvalue weighted by molar-refractivity contribution is 9.10. The minimum atomic E-state index is -0.713. The largest absolute Gasteiger partial charge is 0.494 e. The lowest BCUT2D eigenvalue weighted by Gasteiger charge is -2.31. The second-order valence-corrected chi connectivity index (χ2v) is 5.84. The molecule has 2 aromatic rings. The van der Waals surface area contributed by atoms with Crippen LogP contribution in [0.4, 0.5) is 0 Å². The Morgan fingerprint density at radius 2 is 1.52 bits per heavy atom. The van der Waals surface area contributed by atoms with Crippen molar-refractivity contribution in [2.24, 2.45) is 0 Å². The van der Waals surface area contributed by atoms with Crippen LogP contribution >= 0.6 is 15.9 Å². The average molecular weight is 351 g/mol. The second kappa shape index (κ2) is 7.59. The summed E-state index contributed by atoms with van der Waals surface area (Å²) in [5.41, 5.74) is 0.182. The van der Waals surface area contributed by atoms with E-state index in [9.17, 15) is 10.2 Å². The summed E-state index contributed by atoms with van der Waals surface area (Å²) in [4.78, 5) is 0. The van der Waals surface area contributed by atoms with Crippen LogP contribution in [0.1, 0.15) is 12.0 Å². The number of aliphatic hydroxyl groups excluding tert-OH is 2. The summed E-state index contributed by atoms with van der Waals surface area (Å²) in [6.07, 6.45) is 0.525. The number of para-hydroxylation sites is 1. The molecule has 2 N–H and O–H groups in total. The molecule has 0 radical (unpaired) electrons. The number of ether oxygens (including phenoxy) is 1. The molecular formula is C17H19BrO3. The fourth-order valence-corrected chi connectivity index (χ4v) is 2.99. The lowest BCUT2D eigenvalue weighted by Crippen LogP contribution is -2.37. The molecule has 0 saturated carbocycles. The van der Waals surface area contributed by atoms with E-state index in [0.29, 0.717) is 13.0 Å². The number of hydrogen-bond donors (Lipinski definition) is 2. The molecule has 0 aromatic heterocycles. The molecule has 2 aromatic carbocycles. The molecule has 21 heavy (non-hydrogen) atoms. The molecular weight excluding hydrogens is 332 g/mol. The summed E-state index contributed by atoms with van der Waals surface area (Å²) in [5, 5.41) is 19.6. The molecule has 2 rings (SSSR count). The highest BCUT2D eigenvalue weighted by Gasteiger charge is 2.32. The Morgan fingerprint density at radius 1 is 0.905 bits per heavy atom. The minimum Gasteiger partial charge on any atom is -0.494 e. The van der Waals surface area contributed by atoms with E-state index in [1.54, 1.807) is 0 Å². The van der Waals surface area contributed by atoms with Crippen LogP contribution in [0.15, 0.2) is 59.1 Å². The van der Waals surface area contributed by atoms with Gasteiger partial charge in [0.25, 0.3) is 0 Å². The van der Waals surface area contributed by atoms with Gasteiger partial charge in [-0.1, -0.05) is 52.3 Å². The van der Waals surface area contributed by atoms with Crippen LogP contribution < -0.4 is 4.74 Å². The molecule has 0 atom stereocenters. The van der Waals surface area contributed by atoms with Gasteiger partial charge in [0.15, 0.2) is 0 Å². The summed E-state index contributed by atoms with van der Waals surface area (Å²) in [5.74, 6) is 0.786. The van der Waals surface area contributed by atoms with Crippen molar-refractivity contribution in [2.45, 2.75) is 11.8 Å². The van der Waals surface area contributed by atoms with Crippen molar-refractivity contribution in [3.63, 3.8) is 0 Å². The molecule has 0 bridgehead atoms. The van der Waals surface area contributed by atoms with Crippen molar-refractivity contribution in [1.82, 2.24) is 0 Å². The van der Waals surface area contributed by atoms with Crippen molar-refractivity contribution in [1.29, 1.82) is 0 Å². The van der Waals surface area contributed by atoms with Crippen molar-refractivity contribution in [2.75, 3.05) is 19.8 Å². The van der Waals surface area contributed by atoms with Crippen molar-refractivity contribution >= 4 is 15.9 Å². The van der Waals surface area contributed by atoms with Gasteiger partial charge >= 0.3 is 0 Å². The van der Waals surface area contributed by atoms with Crippen molar-refractivity contribution < 1.29 is 14.9 Å². The maximum Gasteiger partial charge on any atom is 0.119 e. The first-order valence-electron chi connectivity index (χ1n) is 6.86. The molecule has 4 heteroatoms. The molecule has 0 unspecified atom stereocenters. The second-order valence-electron chi connectivity index (χ2n) is 4.99. The van der Waals surface area contributed by atoms with Gasteiger partial charge in [0.05, 0.1) is 19.8 Å². The van der Waals surface area contributed by atoms with E-state index in [-0.39, 0.29) is 13.2 Å². The fraction of sp³-hybridized carbons (Fsp3) is 0.294. The van der Waals surface area contributed by atoms with Crippen LogP contribution in [0.5, 0.6) is 5.75 Å². The van der Waals surface area contributed by atoms with Gasteiger partial charge in [-0.25, -0.2) is 0 Å². The third kappa shape index (κ3) is 3.84. The fourth-order valence-electron chi connectivity index (χ4n) is 2.29. The zero-order chi connectivity index (χ0) is 15.1. The van der Waals surface area contributed by atoms with Gasteiger partial charge in [-0.05, 0) is 30.2 Å². The zero-order valence-electron chi connectivity index (χ0n) is 11.7. The smallest absolute Gasteiger partial charge is 0.119 e. The summed E-state index contributed by atoms with van der Waals surface area (Å²) >= 11 is 3.49. The zero-order valence-corrected chi connectivity index (χ0v) is 13.3. The first-order valence-corrected chi connectivity index (χ1v) is 7.66. The molecule has 0 aliphatic heterocycles. The van der Waals surface area contributed by atoms with Gasteiger partial charge in [-0.3, -0.25) is 0 Å². The normalized spacial score (nSPS) is 11.4. The molecule has 0 fully saturated rings. The molecule has 0 aliphatic rings. The Balaban J connectivity index is 2.10. The molecule has 0 aliphatic carbocycles. The molecule has 3 nitrogen and oxygen atoms in total. The Hall–Kier alpha value is -1.36. The van der Waals surface area contributed by atoms with E-state index in [1.807, 2.05) is 54.6 Å². The van der Waals surface area contributed by atoms with E-state index in [1.165, 1.54) is 0 Å². The molecule has 0 amide bonds. The molecule has 0 saturated heterocycles. The predicted molar refractivity (Wildman–Crippen MR) is 86.5 cm³/mol. The number of benzene rings is 2. The molecule has 112 valence electrons. The molecule has 0 heterocycles. The van der Waals surface area contributed by atoms with Crippen LogP contribution in [-0.4, -0.2) is 30.0 Å². The maximum absolute atomic E-state index is 9.82. The first kappa shape index (κ1) is 16.0. The standard InChI is InChI=1S/C17H19BrO3/c18-16-9-5-4-8-15(16)17(12-19,13-20)10-11-21-14-6-2-1-3-7-14/h1-9,19-20H,10-13H2. The van der Waals surface area contributed by atoms with E-state index in [4.69, 9.17) is 4.74 Å². The highest BCUT2D eigenvalue weighted by atomic mass is 79.9. The Bertz CT molecular complexity index is 553. The van der Waals surface area contributed by atoms with Gasteiger partial charge in [-0.15, -0.1) is 0 Å². The first-order chi connectivity index (χ1) is 10.2. The van der Waals surface area contributed by atoms with E-state index < -0.39 is 5.41 Å². The number of aliphatic hydroxyl groups is 2. The van der Waals surface area contributed by atoms with E-state index >= 15 is 0 Å². The number of hydrogen-bond acceptors (Lipinski definition) is 3. The van der Waals surface area contributed by atoms with Gasteiger partial charge in [-0.2, -0.15) is 0 Å². The summed E-state index contributed by atoms with van der Waals surface area (Å²) in [6, 6.07) is 17.2. The van der Waals surface area contributed by atoms with Crippen LogP contribution in [0.25, 0.3) is 0 Å². The SMILES string of the molecule is OCC(CO)(CCOc1ccccc1)c1ccccc1Br. The maximum atomic E-state index is 9.82. The van der Waals surface area contributed by atoms with Crippen LogP contribution in [-0.2, 0) is 5.41 Å².